The predicted octanol–water partition coefficient (Wildman–Crippen LogP) is 3.03. The normalized spacial score (nSPS) is 37.9. The molecule has 0 heterocycles. The Balaban J connectivity index is 2.23. The summed E-state index contributed by atoms with van der Waals surface area (Å²) in [4.78, 5) is 0. The van der Waals surface area contributed by atoms with Crippen LogP contribution >= 0.6 is 32.1 Å². The van der Waals surface area contributed by atoms with Crippen LogP contribution in [-0.2, 0) is 4.52 Å². The summed E-state index contributed by atoms with van der Waals surface area (Å²) >= 11 is 2.59. The van der Waals surface area contributed by atoms with Crippen molar-refractivity contribution in [2.75, 3.05) is 6.61 Å². The van der Waals surface area contributed by atoms with Crippen LogP contribution in [0.2, 0.25) is 0 Å². The van der Waals surface area contributed by atoms with Crippen LogP contribution < -0.4 is 0 Å². The molecule has 0 radical (unpaired) electrons. The van der Waals surface area contributed by atoms with E-state index in [2.05, 4.69) is 39.0 Å². The minimum absolute atomic E-state index is 0.891. The number of hydrogen-bond acceptors (Lipinski definition) is 1. The smallest absolute Gasteiger partial charge is 0.0504 e. The van der Waals surface area contributed by atoms with E-state index < -0.39 is 0 Å². The van der Waals surface area contributed by atoms with Crippen molar-refractivity contribution >= 4 is 32.1 Å². The molecule has 11 heavy (non-hydrogen) atoms. The van der Waals surface area contributed by atoms with E-state index in [1.54, 1.807) is 0 Å². The highest BCUT2D eigenvalue weighted by Gasteiger charge is 2.29. The highest BCUT2D eigenvalue weighted by atomic mass is 127. The fourth-order valence-corrected chi connectivity index (χ4v) is 3.51. The highest BCUT2D eigenvalue weighted by molar-refractivity contribution is 14.1. The Bertz CT molecular complexity index is 121. The Kier molecular flexibility index (Phi) is 4.62. The second-order valence-electron chi connectivity index (χ2n) is 3.51. The summed E-state index contributed by atoms with van der Waals surface area (Å²) in [6, 6.07) is 0. The molecule has 0 spiro atoms. The van der Waals surface area contributed by atoms with Gasteiger partial charge in [0.25, 0.3) is 0 Å². The number of alkyl halides is 1. The van der Waals surface area contributed by atoms with Crippen LogP contribution in [0.4, 0.5) is 0 Å². The van der Waals surface area contributed by atoms with Gasteiger partial charge in [-0.3, -0.25) is 0 Å². The van der Waals surface area contributed by atoms with Crippen LogP contribution in [0.25, 0.3) is 0 Å². The predicted molar refractivity (Wildman–Crippen MR) is 60.0 cm³/mol. The average Bonchev–Trinajstić information content (AvgIpc) is 2.26. The molecule has 0 aromatic heterocycles. The lowest BCUT2D eigenvalue weighted by atomic mass is 10.0. The van der Waals surface area contributed by atoms with Crippen molar-refractivity contribution in [1.82, 2.24) is 0 Å². The molecule has 0 amide bonds. The first kappa shape index (κ1) is 10.2. The molecular weight excluding hydrogens is 270 g/mol. The van der Waals surface area contributed by atoms with Gasteiger partial charge in [0.05, 0.1) is 6.61 Å². The molecule has 1 aliphatic rings. The van der Waals surface area contributed by atoms with Gasteiger partial charge in [-0.1, -0.05) is 29.5 Å². The molecular formula is C8H16IOP. The van der Waals surface area contributed by atoms with Crippen LogP contribution in [0.1, 0.15) is 26.2 Å². The number of halogens is 1. The van der Waals surface area contributed by atoms with E-state index in [0.717, 1.165) is 22.4 Å². The summed E-state index contributed by atoms with van der Waals surface area (Å²) in [5.41, 5.74) is 0. The fraction of sp³-hybridized carbons (Fsp3) is 1.00. The van der Waals surface area contributed by atoms with Crippen molar-refractivity contribution < 1.29 is 4.52 Å². The molecule has 1 aliphatic carbocycles. The molecule has 4 atom stereocenters. The zero-order chi connectivity index (χ0) is 8.27. The van der Waals surface area contributed by atoms with Gasteiger partial charge in [-0.15, -0.1) is 0 Å². The second-order valence-corrected chi connectivity index (χ2v) is 5.45. The first-order chi connectivity index (χ1) is 5.24. The Morgan fingerprint density at radius 1 is 1.55 bits per heavy atom. The summed E-state index contributed by atoms with van der Waals surface area (Å²) in [5.74, 6) is 1.84. The van der Waals surface area contributed by atoms with Gasteiger partial charge < -0.3 is 4.52 Å². The third kappa shape index (κ3) is 3.16. The minimum atomic E-state index is 0.891. The van der Waals surface area contributed by atoms with Crippen LogP contribution in [0.5, 0.6) is 0 Å². The summed E-state index contributed by atoms with van der Waals surface area (Å²) < 4.78 is 5.89. The molecule has 3 heteroatoms. The molecule has 0 bridgehead atoms. The van der Waals surface area contributed by atoms with Crippen molar-refractivity contribution in [3.63, 3.8) is 0 Å². The molecule has 66 valence electrons. The lowest BCUT2D eigenvalue weighted by Gasteiger charge is -2.12. The summed E-state index contributed by atoms with van der Waals surface area (Å²) in [5, 5.41) is 0. The van der Waals surface area contributed by atoms with Gasteiger partial charge in [-0.25, -0.2) is 0 Å². The van der Waals surface area contributed by atoms with Gasteiger partial charge >= 0.3 is 0 Å². The monoisotopic (exact) mass is 286 g/mol. The van der Waals surface area contributed by atoms with Crippen molar-refractivity contribution in [1.29, 1.82) is 0 Å². The standard InChI is InChI=1S/C8H16IOP/c1-6-4-7(2-3-10-11)8(9)5-6/h6-8H,2-5,11H2,1H3. The van der Waals surface area contributed by atoms with Crippen LogP contribution in [-0.4, -0.2) is 10.5 Å². The molecule has 1 saturated carbocycles. The van der Waals surface area contributed by atoms with Crippen LogP contribution in [0.3, 0.4) is 0 Å². The average molecular weight is 286 g/mol. The molecule has 0 aromatic carbocycles. The molecule has 4 unspecified atom stereocenters. The van der Waals surface area contributed by atoms with E-state index in [-0.39, 0.29) is 0 Å². The summed E-state index contributed by atoms with van der Waals surface area (Å²) in [6.07, 6.45) is 4.05. The van der Waals surface area contributed by atoms with Gasteiger partial charge in [0.1, 0.15) is 0 Å². The molecule has 0 saturated heterocycles. The van der Waals surface area contributed by atoms with Gasteiger partial charge in [-0.05, 0) is 31.1 Å². The Hall–Kier alpha value is 1.12. The lowest BCUT2D eigenvalue weighted by Crippen LogP contribution is -2.07. The van der Waals surface area contributed by atoms with Crippen molar-refractivity contribution in [2.45, 2.75) is 30.1 Å². The lowest BCUT2D eigenvalue weighted by molar-refractivity contribution is 0.319. The molecule has 0 aromatic rings. The van der Waals surface area contributed by atoms with E-state index in [1.807, 2.05) is 0 Å². The maximum Gasteiger partial charge on any atom is 0.0504 e. The third-order valence-electron chi connectivity index (χ3n) is 2.45. The molecule has 1 nitrogen and oxygen atoms in total. The fourth-order valence-electron chi connectivity index (χ4n) is 1.86. The summed E-state index contributed by atoms with van der Waals surface area (Å²) in [7, 11) is 2.32. The van der Waals surface area contributed by atoms with Crippen molar-refractivity contribution in [3.05, 3.63) is 0 Å². The summed E-state index contributed by atoms with van der Waals surface area (Å²) in [6.45, 7) is 3.26. The Morgan fingerprint density at radius 3 is 2.73 bits per heavy atom. The van der Waals surface area contributed by atoms with Crippen LogP contribution in [0, 0.1) is 11.8 Å². The Labute approximate surface area is 85.1 Å². The number of hydrogen-bond donors (Lipinski definition) is 0. The van der Waals surface area contributed by atoms with Gasteiger partial charge in [0.2, 0.25) is 0 Å². The van der Waals surface area contributed by atoms with Gasteiger partial charge in [0, 0.05) is 13.4 Å². The number of rotatable bonds is 3. The van der Waals surface area contributed by atoms with E-state index in [4.69, 9.17) is 4.52 Å². The largest absolute Gasteiger partial charge is 0.366 e. The zero-order valence-corrected chi connectivity index (χ0v) is 10.2. The first-order valence-electron chi connectivity index (χ1n) is 4.19. The highest BCUT2D eigenvalue weighted by Crippen LogP contribution is 2.38. The van der Waals surface area contributed by atoms with E-state index >= 15 is 0 Å². The van der Waals surface area contributed by atoms with E-state index in [0.29, 0.717) is 0 Å². The van der Waals surface area contributed by atoms with E-state index in [1.165, 1.54) is 19.3 Å². The third-order valence-corrected chi connectivity index (χ3v) is 4.21. The van der Waals surface area contributed by atoms with Gasteiger partial charge in [-0.2, -0.15) is 0 Å². The quantitative estimate of drug-likeness (QED) is 0.440. The first-order valence-corrected chi connectivity index (χ1v) is 5.91. The second kappa shape index (κ2) is 4.98. The topological polar surface area (TPSA) is 9.23 Å². The molecule has 1 rings (SSSR count). The van der Waals surface area contributed by atoms with Crippen molar-refractivity contribution in [3.8, 4) is 0 Å². The van der Waals surface area contributed by atoms with Gasteiger partial charge in [0.15, 0.2) is 0 Å². The Morgan fingerprint density at radius 2 is 2.27 bits per heavy atom. The minimum Gasteiger partial charge on any atom is -0.366 e. The maximum atomic E-state index is 5.00. The SMILES string of the molecule is CC1CC(I)C(CCOP)C1. The maximum absolute atomic E-state index is 5.00. The van der Waals surface area contributed by atoms with Crippen LogP contribution in [0.15, 0.2) is 0 Å². The van der Waals surface area contributed by atoms with Crippen molar-refractivity contribution in [2.24, 2.45) is 11.8 Å². The molecule has 0 aliphatic heterocycles. The molecule has 1 fully saturated rings. The van der Waals surface area contributed by atoms with E-state index in [9.17, 15) is 0 Å². The molecule has 0 N–H and O–H groups in total. The zero-order valence-electron chi connectivity index (χ0n) is 6.92.